The number of fused-ring (bicyclic) bond motifs is 1. The van der Waals surface area contributed by atoms with E-state index >= 15 is 0 Å². The van der Waals surface area contributed by atoms with Crippen molar-refractivity contribution in [1.82, 2.24) is 15.2 Å². The molecule has 0 unspecified atom stereocenters. The molecule has 0 spiro atoms. The summed E-state index contributed by atoms with van der Waals surface area (Å²) in [7, 11) is 0. The summed E-state index contributed by atoms with van der Waals surface area (Å²) < 4.78 is 0. The number of nitrogens with one attached hydrogen (secondary N) is 2. The van der Waals surface area contributed by atoms with Crippen LogP contribution in [0.1, 0.15) is 30.5 Å². The van der Waals surface area contributed by atoms with Gasteiger partial charge in [-0.05, 0) is 24.8 Å². The largest absolute Gasteiger partial charge is 0.305 e. The lowest BCUT2D eigenvalue weighted by atomic mass is 9.80. The van der Waals surface area contributed by atoms with Crippen LogP contribution < -0.4 is 5.56 Å². The Balaban J connectivity index is 2.12. The summed E-state index contributed by atoms with van der Waals surface area (Å²) in [5.74, 6) is 0.763. The third kappa shape index (κ3) is 1.45. The Morgan fingerprint density at radius 1 is 1.50 bits per heavy atom. The fourth-order valence-corrected chi connectivity index (χ4v) is 2.46. The van der Waals surface area contributed by atoms with Gasteiger partial charge in [-0.15, -0.1) is 0 Å². The molecule has 1 aliphatic rings. The monoisotopic (exact) mass is 217 g/mol. The van der Waals surface area contributed by atoms with Gasteiger partial charge in [0.25, 0.3) is 0 Å². The van der Waals surface area contributed by atoms with Gasteiger partial charge in [-0.25, -0.2) is 0 Å². The highest BCUT2D eigenvalue weighted by Gasteiger charge is 2.20. The van der Waals surface area contributed by atoms with Crippen LogP contribution in [0.3, 0.4) is 0 Å². The van der Waals surface area contributed by atoms with Gasteiger partial charge >= 0.3 is 0 Å². The summed E-state index contributed by atoms with van der Waals surface area (Å²) in [6.45, 7) is 2.00. The Kier molecular flexibility index (Phi) is 2.09. The number of H-pyrrole nitrogens is 2. The van der Waals surface area contributed by atoms with Crippen molar-refractivity contribution in [3.05, 3.63) is 27.7 Å². The van der Waals surface area contributed by atoms with Crippen molar-refractivity contribution in [3.8, 4) is 0 Å². The fraction of sp³-hybridized carbons (Fsp3) is 0.500. The minimum absolute atomic E-state index is 0.0478. The highest BCUT2D eigenvalue weighted by molar-refractivity contribution is 5.81. The first kappa shape index (κ1) is 9.63. The number of rotatable bonds is 2. The smallest absolute Gasteiger partial charge is 0.249 e. The van der Waals surface area contributed by atoms with Crippen molar-refractivity contribution in [2.75, 3.05) is 0 Å². The molecule has 0 aliphatic heterocycles. The molecule has 0 aromatic carbocycles. The first-order valence-electron chi connectivity index (χ1n) is 5.81. The third-order valence-corrected chi connectivity index (χ3v) is 3.55. The van der Waals surface area contributed by atoms with Crippen molar-refractivity contribution in [3.63, 3.8) is 0 Å². The Morgan fingerprint density at radius 3 is 3.00 bits per heavy atom. The van der Waals surface area contributed by atoms with E-state index in [0.29, 0.717) is 5.65 Å². The van der Waals surface area contributed by atoms with Crippen molar-refractivity contribution in [1.29, 1.82) is 0 Å². The topological polar surface area (TPSA) is 61.5 Å². The molecule has 1 aliphatic carbocycles. The third-order valence-electron chi connectivity index (χ3n) is 3.55. The minimum Gasteiger partial charge on any atom is -0.305 e. The highest BCUT2D eigenvalue weighted by atomic mass is 16.1. The van der Waals surface area contributed by atoms with Gasteiger partial charge in [0.1, 0.15) is 0 Å². The molecule has 0 amide bonds. The van der Waals surface area contributed by atoms with Gasteiger partial charge in [0.2, 0.25) is 5.56 Å². The average Bonchev–Trinajstić information content (AvgIpc) is 2.53. The molecule has 84 valence electrons. The summed E-state index contributed by atoms with van der Waals surface area (Å²) >= 11 is 0. The minimum atomic E-state index is -0.0478. The predicted octanol–water partition coefficient (Wildman–Crippen LogP) is 1.90. The zero-order valence-corrected chi connectivity index (χ0v) is 9.34. The van der Waals surface area contributed by atoms with E-state index < -0.39 is 0 Å². The van der Waals surface area contributed by atoms with Crippen LogP contribution >= 0.6 is 0 Å². The van der Waals surface area contributed by atoms with Gasteiger partial charge < -0.3 is 4.98 Å². The number of aromatic nitrogens is 3. The van der Waals surface area contributed by atoms with Crippen LogP contribution in [0.25, 0.3) is 11.0 Å². The maximum Gasteiger partial charge on any atom is 0.249 e. The van der Waals surface area contributed by atoms with Crippen LogP contribution in [0, 0.1) is 12.8 Å². The predicted molar refractivity (Wildman–Crippen MR) is 62.5 cm³/mol. The molecule has 3 rings (SSSR count). The number of aryl methyl sites for hydroxylation is 1. The molecule has 2 aromatic heterocycles. The van der Waals surface area contributed by atoms with Gasteiger partial charge in [-0.2, -0.15) is 5.10 Å². The zero-order chi connectivity index (χ0) is 11.1. The zero-order valence-electron chi connectivity index (χ0n) is 9.34. The van der Waals surface area contributed by atoms with Gasteiger partial charge in [-0.3, -0.25) is 9.89 Å². The summed E-state index contributed by atoms with van der Waals surface area (Å²) in [5.41, 5.74) is 2.84. The normalized spacial score (nSPS) is 16.6. The Hall–Kier alpha value is -1.58. The molecule has 2 N–H and O–H groups in total. The van der Waals surface area contributed by atoms with E-state index in [2.05, 4.69) is 15.2 Å². The van der Waals surface area contributed by atoms with Crippen LogP contribution in [-0.4, -0.2) is 15.2 Å². The van der Waals surface area contributed by atoms with E-state index in [-0.39, 0.29) is 5.56 Å². The van der Waals surface area contributed by atoms with Crippen LogP contribution in [-0.2, 0) is 6.42 Å². The van der Waals surface area contributed by atoms with Gasteiger partial charge in [0, 0.05) is 17.1 Å². The lowest BCUT2D eigenvalue weighted by Gasteiger charge is -2.25. The molecule has 4 nitrogen and oxygen atoms in total. The number of nitrogens with zero attached hydrogens (tertiary/aromatic N) is 1. The maximum absolute atomic E-state index is 11.5. The summed E-state index contributed by atoms with van der Waals surface area (Å²) in [6.07, 6.45) is 4.94. The molecular formula is C12H15N3O. The van der Waals surface area contributed by atoms with E-state index in [1.165, 1.54) is 19.3 Å². The maximum atomic E-state index is 11.5. The lowest BCUT2D eigenvalue weighted by Crippen LogP contribution is -2.16. The second-order valence-electron chi connectivity index (χ2n) is 4.73. The van der Waals surface area contributed by atoms with E-state index in [4.69, 9.17) is 0 Å². The SMILES string of the molecule is Cc1[nH]nc2[nH]c(=O)cc(CC3CCC3)c12. The number of pyridine rings is 1. The van der Waals surface area contributed by atoms with E-state index in [1.807, 2.05) is 6.92 Å². The van der Waals surface area contributed by atoms with Crippen LogP contribution in [0.15, 0.2) is 10.9 Å². The fourth-order valence-electron chi connectivity index (χ4n) is 2.46. The summed E-state index contributed by atoms with van der Waals surface area (Å²) in [6, 6.07) is 1.73. The Bertz CT molecular complexity index is 577. The molecule has 0 saturated heterocycles. The van der Waals surface area contributed by atoms with Gasteiger partial charge in [0.05, 0.1) is 0 Å². The quantitative estimate of drug-likeness (QED) is 0.807. The molecule has 0 radical (unpaired) electrons. The molecule has 0 atom stereocenters. The second kappa shape index (κ2) is 3.47. The van der Waals surface area contributed by atoms with Crippen LogP contribution in [0.5, 0.6) is 0 Å². The van der Waals surface area contributed by atoms with Crippen molar-refractivity contribution >= 4 is 11.0 Å². The van der Waals surface area contributed by atoms with Crippen molar-refractivity contribution in [2.24, 2.45) is 5.92 Å². The Labute approximate surface area is 93.1 Å². The number of hydrogen-bond donors (Lipinski definition) is 2. The average molecular weight is 217 g/mol. The summed E-state index contributed by atoms with van der Waals surface area (Å²) in [4.78, 5) is 14.3. The molecular weight excluding hydrogens is 202 g/mol. The summed E-state index contributed by atoms with van der Waals surface area (Å²) in [5, 5.41) is 8.15. The van der Waals surface area contributed by atoms with Crippen molar-refractivity contribution in [2.45, 2.75) is 32.6 Å². The first-order chi connectivity index (χ1) is 7.74. The lowest BCUT2D eigenvalue weighted by molar-refractivity contribution is 0.315. The number of hydrogen-bond acceptors (Lipinski definition) is 2. The van der Waals surface area contributed by atoms with Gasteiger partial charge in [0.15, 0.2) is 5.65 Å². The molecule has 2 heterocycles. The first-order valence-corrected chi connectivity index (χ1v) is 5.81. The van der Waals surface area contributed by atoms with Crippen LogP contribution in [0.4, 0.5) is 0 Å². The Morgan fingerprint density at radius 2 is 2.31 bits per heavy atom. The molecule has 16 heavy (non-hydrogen) atoms. The molecule has 0 bridgehead atoms. The molecule has 2 aromatic rings. The molecule has 1 fully saturated rings. The van der Waals surface area contributed by atoms with E-state index in [9.17, 15) is 4.79 Å². The standard InChI is InChI=1S/C12H15N3O/c1-7-11-9(5-8-3-2-4-8)6-10(16)13-12(11)15-14-7/h6,8H,2-5H2,1H3,(H2,13,14,15,16). The molecule has 4 heteroatoms. The van der Waals surface area contributed by atoms with E-state index in [1.54, 1.807) is 6.07 Å². The van der Waals surface area contributed by atoms with Crippen molar-refractivity contribution < 1.29 is 0 Å². The van der Waals surface area contributed by atoms with Crippen LogP contribution in [0.2, 0.25) is 0 Å². The highest BCUT2D eigenvalue weighted by Crippen LogP contribution is 2.31. The second-order valence-corrected chi connectivity index (χ2v) is 4.73. The van der Waals surface area contributed by atoms with Gasteiger partial charge in [-0.1, -0.05) is 19.3 Å². The number of aromatic amines is 2. The molecule has 1 saturated carbocycles. The van der Waals surface area contributed by atoms with E-state index in [0.717, 1.165) is 29.0 Å².